The summed E-state index contributed by atoms with van der Waals surface area (Å²) < 4.78 is 18.5. The average Bonchev–Trinajstić information content (AvgIpc) is 2.36. The van der Waals surface area contributed by atoms with Crippen molar-refractivity contribution >= 4 is 11.9 Å². The number of halogens is 1. The van der Waals surface area contributed by atoms with Crippen LogP contribution >= 0.6 is 0 Å². The number of rotatable bonds is 1. The van der Waals surface area contributed by atoms with Crippen molar-refractivity contribution in [2.45, 2.75) is 38.7 Å². The summed E-state index contributed by atoms with van der Waals surface area (Å²) in [7, 11) is 0. The Hall–Kier alpha value is -1.91. The van der Waals surface area contributed by atoms with Gasteiger partial charge in [0, 0.05) is 12.5 Å². The van der Waals surface area contributed by atoms with Gasteiger partial charge in [-0.25, -0.2) is 9.18 Å². The SMILES string of the molecule is CC(C)(C)OC(=O)N1CC[C@H](c2cccc(F)c2)C(=O)C1. The summed E-state index contributed by atoms with van der Waals surface area (Å²) in [6.45, 7) is 5.79. The van der Waals surface area contributed by atoms with Gasteiger partial charge in [0.2, 0.25) is 0 Å². The van der Waals surface area contributed by atoms with Crippen LogP contribution in [-0.4, -0.2) is 35.5 Å². The topological polar surface area (TPSA) is 46.6 Å². The highest BCUT2D eigenvalue weighted by Gasteiger charge is 2.32. The van der Waals surface area contributed by atoms with E-state index in [0.29, 0.717) is 18.5 Å². The van der Waals surface area contributed by atoms with Crippen LogP contribution in [0.3, 0.4) is 0 Å². The van der Waals surface area contributed by atoms with Crippen molar-refractivity contribution < 1.29 is 18.7 Å². The molecule has 0 saturated carbocycles. The van der Waals surface area contributed by atoms with Crippen LogP contribution in [0.25, 0.3) is 0 Å². The molecule has 21 heavy (non-hydrogen) atoms. The van der Waals surface area contributed by atoms with Gasteiger partial charge in [-0.15, -0.1) is 0 Å². The number of piperidine rings is 1. The van der Waals surface area contributed by atoms with Crippen LogP contribution in [-0.2, 0) is 9.53 Å². The summed E-state index contributed by atoms with van der Waals surface area (Å²) in [6.07, 6.45) is 0.00943. The lowest BCUT2D eigenvalue weighted by Gasteiger charge is -2.32. The third-order valence-corrected chi connectivity index (χ3v) is 3.33. The van der Waals surface area contributed by atoms with Crippen molar-refractivity contribution in [1.82, 2.24) is 4.90 Å². The van der Waals surface area contributed by atoms with Crippen LogP contribution in [0.2, 0.25) is 0 Å². The summed E-state index contributed by atoms with van der Waals surface area (Å²) >= 11 is 0. The van der Waals surface area contributed by atoms with Crippen LogP contribution < -0.4 is 0 Å². The summed E-state index contributed by atoms with van der Waals surface area (Å²) in [5.74, 6) is -0.785. The van der Waals surface area contributed by atoms with E-state index in [9.17, 15) is 14.0 Å². The highest BCUT2D eigenvalue weighted by molar-refractivity contribution is 5.90. The first-order valence-electron chi connectivity index (χ1n) is 7.02. The fourth-order valence-corrected chi connectivity index (χ4v) is 2.38. The molecule has 1 saturated heterocycles. The Bertz CT molecular complexity index is 551. The Kier molecular flexibility index (Phi) is 4.30. The molecule has 1 aliphatic rings. The van der Waals surface area contributed by atoms with E-state index in [1.807, 2.05) is 0 Å². The minimum Gasteiger partial charge on any atom is -0.444 e. The number of hydrogen-bond donors (Lipinski definition) is 0. The molecule has 1 aliphatic heterocycles. The number of carbonyl (C=O) groups is 2. The monoisotopic (exact) mass is 293 g/mol. The van der Waals surface area contributed by atoms with Gasteiger partial charge in [0.1, 0.15) is 11.4 Å². The molecule has 4 nitrogen and oxygen atoms in total. The molecular formula is C16H20FNO3. The molecule has 2 rings (SSSR count). The molecule has 1 atom stereocenters. The van der Waals surface area contributed by atoms with Crippen LogP contribution in [0.15, 0.2) is 24.3 Å². The van der Waals surface area contributed by atoms with Gasteiger partial charge in [0.05, 0.1) is 6.54 Å². The molecule has 1 amide bonds. The molecule has 114 valence electrons. The Morgan fingerprint density at radius 1 is 1.38 bits per heavy atom. The van der Waals surface area contributed by atoms with E-state index in [0.717, 1.165) is 0 Å². The standard InChI is InChI=1S/C16H20FNO3/c1-16(2,3)21-15(20)18-8-7-13(14(19)10-18)11-5-4-6-12(17)9-11/h4-6,9,13H,7-8,10H2,1-3H3/t13-/m1/s1. The molecule has 0 bridgehead atoms. The van der Waals surface area contributed by atoms with Crippen LogP contribution in [0, 0.1) is 5.82 Å². The Morgan fingerprint density at radius 3 is 2.67 bits per heavy atom. The van der Waals surface area contributed by atoms with Crippen molar-refractivity contribution in [1.29, 1.82) is 0 Å². The van der Waals surface area contributed by atoms with Crippen molar-refractivity contribution in [2.75, 3.05) is 13.1 Å². The molecule has 1 aromatic rings. The molecule has 5 heteroatoms. The van der Waals surface area contributed by atoms with E-state index in [-0.39, 0.29) is 24.1 Å². The van der Waals surface area contributed by atoms with Gasteiger partial charge in [-0.05, 0) is 44.9 Å². The molecule has 1 aromatic carbocycles. The van der Waals surface area contributed by atoms with Crippen molar-refractivity contribution in [3.05, 3.63) is 35.6 Å². The summed E-state index contributed by atoms with van der Waals surface area (Å²) in [4.78, 5) is 25.6. The highest BCUT2D eigenvalue weighted by atomic mass is 19.1. The largest absolute Gasteiger partial charge is 0.444 e. The number of Topliss-reactive ketones (excluding diaryl/α,β-unsaturated/α-hetero) is 1. The highest BCUT2D eigenvalue weighted by Crippen LogP contribution is 2.26. The molecular weight excluding hydrogens is 273 g/mol. The third-order valence-electron chi connectivity index (χ3n) is 3.33. The van der Waals surface area contributed by atoms with Gasteiger partial charge < -0.3 is 9.64 Å². The van der Waals surface area contributed by atoms with Crippen LogP contribution in [0.4, 0.5) is 9.18 Å². The van der Waals surface area contributed by atoms with Crippen LogP contribution in [0.1, 0.15) is 38.7 Å². The maximum absolute atomic E-state index is 13.2. The smallest absolute Gasteiger partial charge is 0.410 e. The number of nitrogens with zero attached hydrogens (tertiary/aromatic N) is 1. The first kappa shape index (κ1) is 15.5. The lowest BCUT2D eigenvalue weighted by atomic mass is 9.88. The molecule has 0 N–H and O–H groups in total. The normalized spacial score (nSPS) is 19.5. The van der Waals surface area contributed by atoms with Gasteiger partial charge in [-0.2, -0.15) is 0 Å². The second-order valence-electron chi connectivity index (χ2n) is 6.26. The molecule has 1 fully saturated rings. The van der Waals surface area contributed by atoms with Crippen molar-refractivity contribution in [2.24, 2.45) is 0 Å². The van der Waals surface area contributed by atoms with Crippen LogP contribution in [0.5, 0.6) is 0 Å². The number of hydrogen-bond acceptors (Lipinski definition) is 3. The number of ether oxygens (including phenoxy) is 1. The van der Waals surface area contributed by atoms with E-state index >= 15 is 0 Å². The second kappa shape index (κ2) is 5.84. The molecule has 0 aliphatic carbocycles. The number of benzene rings is 1. The fraction of sp³-hybridized carbons (Fsp3) is 0.500. The minimum absolute atomic E-state index is 0.0100. The third kappa shape index (κ3) is 4.03. The lowest BCUT2D eigenvalue weighted by molar-refractivity contribution is -0.123. The van der Waals surface area contributed by atoms with Gasteiger partial charge in [0.25, 0.3) is 0 Å². The Labute approximate surface area is 123 Å². The number of amides is 1. The van der Waals surface area contributed by atoms with E-state index in [2.05, 4.69) is 0 Å². The van der Waals surface area contributed by atoms with Gasteiger partial charge in [0.15, 0.2) is 5.78 Å². The predicted molar refractivity (Wildman–Crippen MR) is 76.6 cm³/mol. The molecule has 0 aromatic heterocycles. The van der Waals surface area contributed by atoms with Crippen molar-refractivity contribution in [3.63, 3.8) is 0 Å². The second-order valence-corrected chi connectivity index (χ2v) is 6.26. The number of ketones is 1. The van der Waals surface area contributed by atoms with Gasteiger partial charge in [-0.3, -0.25) is 4.79 Å². The van der Waals surface area contributed by atoms with E-state index in [1.54, 1.807) is 32.9 Å². The van der Waals surface area contributed by atoms with Gasteiger partial charge in [-0.1, -0.05) is 12.1 Å². The lowest BCUT2D eigenvalue weighted by Crippen LogP contribution is -2.45. The summed E-state index contributed by atoms with van der Waals surface area (Å²) in [5, 5.41) is 0. The zero-order valence-electron chi connectivity index (χ0n) is 12.6. The number of likely N-dealkylation sites (tertiary alicyclic amines) is 1. The quantitative estimate of drug-likeness (QED) is 0.799. The zero-order valence-corrected chi connectivity index (χ0v) is 12.6. The minimum atomic E-state index is -0.584. The predicted octanol–water partition coefficient (Wildman–Crippen LogP) is 3.12. The molecule has 0 unspecified atom stereocenters. The maximum Gasteiger partial charge on any atom is 0.410 e. The summed E-state index contributed by atoms with van der Waals surface area (Å²) in [6, 6.07) is 6.07. The Balaban J connectivity index is 2.03. The van der Waals surface area contributed by atoms with E-state index in [4.69, 9.17) is 4.74 Å². The fourth-order valence-electron chi connectivity index (χ4n) is 2.38. The molecule has 1 heterocycles. The molecule has 0 radical (unpaired) electrons. The summed E-state index contributed by atoms with van der Waals surface area (Å²) in [5.41, 5.74) is 0.0864. The zero-order chi connectivity index (χ0) is 15.6. The number of carbonyl (C=O) groups excluding carboxylic acids is 2. The van der Waals surface area contributed by atoms with Gasteiger partial charge >= 0.3 is 6.09 Å². The maximum atomic E-state index is 13.2. The molecule has 0 spiro atoms. The van der Waals surface area contributed by atoms with E-state index in [1.165, 1.54) is 17.0 Å². The first-order chi connectivity index (χ1) is 9.76. The van der Waals surface area contributed by atoms with E-state index < -0.39 is 11.7 Å². The first-order valence-corrected chi connectivity index (χ1v) is 7.02. The average molecular weight is 293 g/mol. The van der Waals surface area contributed by atoms with Crippen molar-refractivity contribution in [3.8, 4) is 0 Å². The Morgan fingerprint density at radius 2 is 2.10 bits per heavy atom.